The molecule has 2 aromatic rings. The average molecular weight is 315 g/mol. The van der Waals surface area contributed by atoms with Crippen LogP contribution in [0.4, 0.5) is 5.69 Å². The Hall–Kier alpha value is -1.94. The van der Waals surface area contributed by atoms with Gasteiger partial charge in [-0.15, -0.1) is 11.8 Å². The largest absolute Gasteiger partial charge is 0.497 e. The highest BCUT2D eigenvalue weighted by molar-refractivity contribution is 8.00. The van der Waals surface area contributed by atoms with Crippen LogP contribution in [0, 0.1) is 13.8 Å². The molecule has 0 bridgehead atoms. The fourth-order valence-corrected chi connectivity index (χ4v) is 3.07. The molecule has 0 aliphatic rings. The van der Waals surface area contributed by atoms with Gasteiger partial charge >= 0.3 is 0 Å². The highest BCUT2D eigenvalue weighted by Gasteiger charge is 2.14. The zero-order valence-corrected chi connectivity index (χ0v) is 14.2. The summed E-state index contributed by atoms with van der Waals surface area (Å²) in [7, 11) is 1.64. The van der Waals surface area contributed by atoms with Crippen molar-refractivity contribution >= 4 is 23.4 Å². The van der Waals surface area contributed by atoms with Gasteiger partial charge in [0.15, 0.2) is 0 Å². The van der Waals surface area contributed by atoms with Gasteiger partial charge in [0, 0.05) is 10.6 Å². The predicted molar refractivity (Wildman–Crippen MR) is 92.9 cm³/mol. The molecule has 0 saturated heterocycles. The normalized spacial score (nSPS) is 11.8. The lowest BCUT2D eigenvalue weighted by Gasteiger charge is -2.13. The van der Waals surface area contributed by atoms with E-state index in [1.165, 1.54) is 11.8 Å². The minimum absolute atomic E-state index is 0.00539. The van der Waals surface area contributed by atoms with E-state index in [1.807, 2.05) is 57.2 Å². The lowest BCUT2D eigenvalue weighted by atomic mass is 10.1. The second-order valence-corrected chi connectivity index (χ2v) is 6.72. The minimum atomic E-state index is -0.172. The van der Waals surface area contributed by atoms with E-state index in [0.29, 0.717) is 0 Å². The van der Waals surface area contributed by atoms with Crippen LogP contribution < -0.4 is 10.1 Å². The Morgan fingerprint density at radius 3 is 2.23 bits per heavy atom. The van der Waals surface area contributed by atoms with Crippen molar-refractivity contribution in [3.05, 3.63) is 53.6 Å². The second kappa shape index (κ2) is 7.36. The molecule has 2 rings (SSSR count). The molecule has 116 valence electrons. The standard InChI is InChI=1S/C18H21NO2S/c1-12-9-13(2)11-15(10-12)19-18(20)14(3)22-17-7-5-16(21-4)6-8-17/h5-11,14H,1-4H3,(H,19,20)/t14-/m0/s1. The fraction of sp³-hybridized carbons (Fsp3) is 0.278. The number of ether oxygens (including phenoxy) is 1. The summed E-state index contributed by atoms with van der Waals surface area (Å²) in [5, 5.41) is 2.81. The molecule has 22 heavy (non-hydrogen) atoms. The number of carbonyl (C=O) groups is 1. The maximum absolute atomic E-state index is 12.3. The zero-order chi connectivity index (χ0) is 16.1. The Labute approximate surface area is 136 Å². The lowest BCUT2D eigenvalue weighted by Crippen LogP contribution is -2.22. The summed E-state index contributed by atoms with van der Waals surface area (Å²) in [6.07, 6.45) is 0. The topological polar surface area (TPSA) is 38.3 Å². The number of anilines is 1. The van der Waals surface area contributed by atoms with E-state index in [9.17, 15) is 4.79 Å². The Morgan fingerprint density at radius 1 is 1.09 bits per heavy atom. The van der Waals surface area contributed by atoms with E-state index in [1.54, 1.807) is 7.11 Å². The van der Waals surface area contributed by atoms with Crippen LogP contribution in [0.15, 0.2) is 47.4 Å². The van der Waals surface area contributed by atoms with Gasteiger partial charge in [-0.1, -0.05) is 6.07 Å². The van der Waals surface area contributed by atoms with Gasteiger partial charge in [0.25, 0.3) is 0 Å². The molecule has 0 aromatic heterocycles. The molecule has 4 heteroatoms. The van der Waals surface area contributed by atoms with E-state index < -0.39 is 0 Å². The van der Waals surface area contributed by atoms with Gasteiger partial charge in [-0.2, -0.15) is 0 Å². The molecule has 0 radical (unpaired) electrons. The number of methoxy groups -OCH3 is 1. The maximum atomic E-state index is 12.3. The van der Waals surface area contributed by atoms with Crippen LogP contribution >= 0.6 is 11.8 Å². The minimum Gasteiger partial charge on any atom is -0.497 e. The van der Waals surface area contributed by atoms with E-state index >= 15 is 0 Å². The summed E-state index contributed by atoms with van der Waals surface area (Å²) < 4.78 is 5.13. The van der Waals surface area contributed by atoms with Gasteiger partial charge in [0.2, 0.25) is 5.91 Å². The van der Waals surface area contributed by atoms with Gasteiger partial charge in [-0.25, -0.2) is 0 Å². The van der Waals surface area contributed by atoms with Crippen molar-refractivity contribution in [3.8, 4) is 5.75 Å². The average Bonchev–Trinajstić information content (AvgIpc) is 2.46. The van der Waals surface area contributed by atoms with Crippen molar-refractivity contribution in [1.29, 1.82) is 0 Å². The molecule has 0 aliphatic heterocycles. The van der Waals surface area contributed by atoms with Gasteiger partial charge < -0.3 is 10.1 Å². The van der Waals surface area contributed by atoms with Gasteiger partial charge in [0.1, 0.15) is 5.75 Å². The van der Waals surface area contributed by atoms with Crippen LogP contribution in [0.2, 0.25) is 0 Å². The highest BCUT2D eigenvalue weighted by Crippen LogP contribution is 2.26. The van der Waals surface area contributed by atoms with E-state index in [0.717, 1.165) is 27.5 Å². The first-order chi connectivity index (χ1) is 10.5. The number of rotatable bonds is 5. The lowest BCUT2D eigenvalue weighted by molar-refractivity contribution is -0.115. The Bertz CT molecular complexity index is 632. The summed E-state index contributed by atoms with van der Waals surface area (Å²) in [4.78, 5) is 13.4. The molecule has 1 amide bonds. The number of amides is 1. The Kier molecular flexibility index (Phi) is 5.50. The number of hydrogen-bond acceptors (Lipinski definition) is 3. The molecular weight excluding hydrogens is 294 g/mol. The third-order valence-corrected chi connectivity index (χ3v) is 4.34. The summed E-state index contributed by atoms with van der Waals surface area (Å²) in [5.74, 6) is 0.822. The molecular formula is C18H21NO2S. The van der Waals surface area contributed by atoms with Crippen LogP contribution in [0.5, 0.6) is 5.75 Å². The first kappa shape index (κ1) is 16.4. The molecule has 2 aromatic carbocycles. The third-order valence-electron chi connectivity index (χ3n) is 3.23. The summed E-state index contributed by atoms with van der Waals surface area (Å²) in [6.45, 7) is 5.96. The monoisotopic (exact) mass is 315 g/mol. The van der Waals surface area contributed by atoms with E-state index in [-0.39, 0.29) is 11.2 Å². The van der Waals surface area contributed by atoms with Crippen molar-refractivity contribution in [2.75, 3.05) is 12.4 Å². The number of aryl methyl sites for hydroxylation is 2. The van der Waals surface area contributed by atoms with Gasteiger partial charge in [-0.3, -0.25) is 4.79 Å². The first-order valence-electron chi connectivity index (χ1n) is 7.18. The molecule has 0 fully saturated rings. The molecule has 0 saturated carbocycles. The molecule has 1 N–H and O–H groups in total. The molecule has 0 unspecified atom stereocenters. The van der Waals surface area contributed by atoms with Crippen LogP contribution in [0.1, 0.15) is 18.1 Å². The van der Waals surface area contributed by atoms with E-state index in [4.69, 9.17) is 4.74 Å². The Balaban J connectivity index is 1.99. The maximum Gasteiger partial charge on any atom is 0.237 e. The summed E-state index contributed by atoms with van der Waals surface area (Å²) in [6, 6.07) is 13.8. The zero-order valence-electron chi connectivity index (χ0n) is 13.3. The second-order valence-electron chi connectivity index (χ2n) is 5.30. The van der Waals surface area contributed by atoms with Crippen LogP contribution in [-0.4, -0.2) is 18.3 Å². The van der Waals surface area contributed by atoms with Gasteiger partial charge in [-0.05, 0) is 68.3 Å². The summed E-state index contributed by atoms with van der Waals surface area (Å²) >= 11 is 1.53. The fourth-order valence-electron chi connectivity index (χ4n) is 2.20. The van der Waals surface area contributed by atoms with Crippen LogP contribution in [0.3, 0.4) is 0 Å². The predicted octanol–water partition coefficient (Wildman–Crippen LogP) is 4.43. The molecule has 3 nitrogen and oxygen atoms in total. The number of carbonyl (C=O) groups excluding carboxylic acids is 1. The molecule has 0 spiro atoms. The van der Waals surface area contributed by atoms with Crippen molar-refractivity contribution in [2.45, 2.75) is 30.9 Å². The van der Waals surface area contributed by atoms with Crippen molar-refractivity contribution < 1.29 is 9.53 Å². The number of benzene rings is 2. The van der Waals surface area contributed by atoms with Crippen molar-refractivity contribution in [1.82, 2.24) is 0 Å². The molecule has 1 atom stereocenters. The van der Waals surface area contributed by atoms with Crippen LogP contribution in [-0.2, 0) is 4.79 Å². The number of thioether (sulfide) groups is 1. The van der Waals surface area contributed by atoms with Crippen LogP contribution in [0.25, 0.3) is 0 Å². The molecule has 0 heterocycles. The Morgan fingerprint density at radius 2 is 1.68 bits per heavy atom. The van der Waals surface area contributed by atoms with Gasteiger partial charge in [0.05, 0.1) is 12.4 Å². The SMILES string of the molecule is COc1ccc(S[C@@H](C)C(=O)Nc2cc(C)cc(C)c2)cc1. The summed E-state index contributed by atoms with van der Waals surface area (Å²) in [5.41, 5.74) is 3.14. The van der Waals surface area contributed by atoms with Crippen molar-refractivity contribution in [2.24, 2.45) is 0 Å². The number of nitrogens with one attached hydrogen (secondary N) is 1. The molecule has 0 aliphatic carbocycles. The quantitative estimate of drug-likeness (QED) is 0.829. The van der Waals surface area contributed by atoms with E-state index in [2.05, 4.69) is 11.4 Å². The van der Waals surface area contributed by atoms with Crippen molar-refractivity contribution in [3.63, 3.8) is 0 Å². The first-order valence-corrected chi connectivity index (χ1v) is 8.06. The number of hydrogen-bond donors (Lipinski definition) is 1. The highest BCUT2D eigenvalue weighted by atomic mass is 32.2. The third kappa shape index (κ3) is 4.53. The smallest absolute Gasteiger partial charge is 0.237 e.